The first-order chi connectivity index (χ1) is 14.0. The molecule has 1 aliphatic rings. The second kappa shape index (κ2) is 7.80. The van der Waals surface area contributed by atoms with Crippen molar-refractivity contribution < 1.29 is 13.2 Å². The van der Waals surface area contributed by atoms with E-state index < -0.39 is 10.0 Å². The SMILES string of the molecule is COc1cccc(S(=O)(=O)NCCn2nc(-c3cccnc3)n(C3CC3)c2=O)c1. The quantitative estimate of drug-likeness (QED) is 0.596. The molecule has 0 spiro atoms. The highest BCUT2D eigenvalue weighted by molar-refractivity contribution is 7.89. The number of aromatic nitrogens is 4. The van der Waals surface area contributed by atoms with Crippen molar-refractivity contribution in [2.24, 2.45) is 0 Å². The number of ether oxygens (including phenoxy) is 1. The molecule has 2 aromatic heterocycles. The van der Waals surface area contributed by atoms with Gasteiger partial charge in [0.15, 0.2) is 5.82 Å². The Labute approximate surface area is 168 Å². The molecule has 1 aliphatic carbocycles. The minimum Gasteiger partial charge on any atom is -0.497 e. The number of sulfonamides is 1. The van der Waals surface area contributed by atoms with E-state index in [0.29, 0.717) is 11.6 Å². The molecule has 0 radical (unpaired) electrons. The van der Waals surface area contributed by atoms with Crippen molar-refractivity contribution in [3.63, 3.8) is 0 Å². The highest BCUT2D eigenvalue weighted by atomic mass is 32.2. The molecule has 3 aromatic rings. The van der Waals surface area contributed by atoms with E-state index in [1.165, 1.54) is 23.9 Å². The van der Waals surface area contributed by atoms with Crippen molar-refractivity contribution >= 4 is 10.0 Å². The van der Waals surface area contributed by atoms with Gasteiger partial charge in [-0.3, -0.25) is 9.55 Å². The molecular formula is C19H21N5O4S. The molecular weight excluding hydrogens is 394 g/mol. The summed E-state index contributed by atoms with van der Waals surface area (Å²) in [5.41, 5.74) is 0.513. The molecule has 0 atom stereocenters. The van der Waals surface area contributed by atoms with E-state index >= 15 is 0 Å². The summed E-state index contributed by atoms with van der Waals surface area (Å²) >= 11 is 0. The van der Waals surface area contributed by atoms with Gasteiger partial charge in [0.2, 0.25) is 10.0 Å². The molecule has 29 heavy (non-hydrogen) atoms. The molecule has 2 heterocycles. The third-order valence-corrected chi connectivity index (χ3v) is 6.13. The summed E-state index contributed by atoms with van der Waals surface area (Å²) in [6, 6.07) is 9.98. The predicted molar refractivity (Wildman–Crippen MR) is 106 cm³/mol. The van der Waals surface area contributed by atoms with Crippen LogP contribution < -0.4 is 15.1 Å². The number of pyridine rings is 1. The van der Waals surface area contributed by atoms with Crippen molar-refractivity contribution in [3.8, 4) is 17.1 Å². The summed E-state index contributed by atoms with van der Waals surface area (Å²) in [5, 5.41) is 4.43. The van der Waals surface area contributed by atoms with Crippen LogP contribution in [-0.4, -0.2) is 41.4 Å². The fourth-order valence-corrected chi connectivity index (χ4v) is 4.11. The Balaban J connectivity index is 1.52. The zero-order valence-electron chi connectivity index (χ0n) is 15.9. The van der Waals surface area contributed by atoms with Gasteiger partial charge in [-0.25, -0.2) is 22.6 Å². The first-order valence-corrected chi connectivity index (χ1v) is 10.7. The van der Waals surface area contributed by atoms with Crippen LogP contribution in [0, 0.1) is 0 Å². The monoisotopic (exact) mass is 415 g/mol. The van der Waals surface area contributed by atoms with Crippen molar-refractivity contribution in [3.05, 3.63) is 59.3 Å². The van der Waals surface area contributed by atoms with Crippen LogP contribution >= 0.6 is 0 Å². The number of nitrogens with zero attached hydrogens (tertiary/aromatic N) is 4. The fourth-order valence-electron chi connectivity index (χ4n) is 3.06. The molecule has 0 unspecified atom stereocenters. The lowest BCUT2D eigenvalue weighted by molar-refractivity contribution is 0.413. The highest BCUT2D eigenvalue weighted by Crippen LogP contribution is 2.36. The zero-order valence-corrected chi connectivity index (χ0v) is 16.7. The van der Waals surface area contributed by atoms with Gasteiger partial charge in [-0.2, -0.15) is 0 Å². The van der Waals surface area contributed by atoms with Gasteiger partial charge in [0.25, 0.3) is 0 Å². The third kappa shape index (κ3) is 4.08. The molecule has 0 aliphatic heterocycles. The summed E-state index contributed by atoms with van der Waals surface area (Å²) in [4.78, 5) is 17.0. The largest absolute Gasteiger partial charge is 0.497 e. The molecule has 4 rings (SSSR count). The Hall–Kier alpha value is -2.98. The van der Waals surface area contributed by atoms with Gasteiger partial charge in [0.1, 0.15) is 5.75 Å². The van der Waals surface area contributed by atoms with Crippen LogP contribution in [0.5, 0.6) is 5.75 Å². The zero-order chi connectivity index (χ0) is 20.4. The molecule has 1 fully saturated rings. The van der Waals surface area contributed by atoms with E-state index in [-0.39, 0.29) is 29.7 Å². The van der Waals surface area contributed by atoms with Gasteiger partial charge >= 0.3 is 5.69 Å². The number of hydrogen-bond donors (Lipinski definition) is 1. The Kier molecular flexibility index (Phi) is 5.20. The average molecular weight is 415 g/mol. The number of nitrogens with one attached hydrogen (secondary N) is 1. The van der Waals surface area contributed by atoms with Gasteiger partial charge < -0.3 is 4.74 Å². The smallest absolute Gasteiger partial charge is 0.346 e. The molecule has 152 valence electrons. The predicted octanol–water partition coefficient (Wildman–Crippen LogP) is 1.43. The summed E-state index contributed by atoms with van der Waals surface area (Å²) in [5.74, 6) is 1.01. The Morgan fingerprint density at radius 2 is 2.07 bits per heavy atom. The van der Waals surface area contributed by atoms with E-state index in [2.05, 4.69) is 14.8 Å². The van der Waals surface area contributed by atoms with E-state index in [4.69, 9.17) is 4.74 Å². The number of benzene rings is 1. The van der Waals surface area contributed by atoms with Crippen LogP contribution in [0.4, 0.5) is 0 Å². The van der Waals surface area contributed by atoms with Gasteiger partial charge in [0.05, 0.1) is 18.6 Å². The van der Waals surface area contributed by atoms with Crippen molar-refractivity contribution in [2.75, 3.05) is 13.7 Å². The Morgan fingerprint density at radius 3 is 2.76 bits per heavy atom. The van der Waals surface area contributed by atoms with Crippen molar-refractivity contribution in [2.45, 2.75) is 30.3 Å². The average Bonchev–Trinajstić information content (AvgIpc) is 3.52. The summed E-state index contributed by atoms with van der Waals surface area (Å²) < 4.78 is 35.6. The molecule has 1 saturated carbocycles. The first kappa shape index (κ1) is 19.3. The van der Waals surface area contributed by atoms with E-state index in [1.807, 2.05) is 6.07 Å². The maximum atomic E-state index is 12.8. The lowest BCUT2D eigenvalue weighted by atomic mass is 10.3. The molecule has 0 bridgehead atoms. The molecule has 9 nitrogen and oxygen atoms in total. The molecule has 1 aromatic carbocycles. The Morgan fingerprint density at radius 1 is 1.24 bits per heavy atom. The van der Waals surface area contributed by atoms with Gasteiger partial charge in [-0.1, -0.05) is 6.07 Å². The topological polar surface area (TPSA) is 108 Å². The molecule has 0 saturated heterocycles. The second-order valence-electron chi connectivity index (χ2n) is 6.75. The van der Waals surface area contributed by atoms with Crippen molar-refractivity contribution in [1.82, 2.24) is 24.1 Å². The van der Waals surface area contributed by atoms with Crippen LogP contribution in [-0.2, 0) is 16.6 Å². The standard InChI is InChI=1S/C19H21N5O4S/c1-28-16-5-2-6-17(12-16)29(26,27)21-10-11-23-19(25)24(15-7-8-15)18(22-23)14-4-3-9-20-13-14/h2-6,9,12-13,15,21H,7-8,10-11H2,1H3. The second-order valence-corrected chi connectivity index (χ2v) is 8.52. The number of hydrogen-bond acceptors (Lipinski definition) is 6. The van der Waals surface area contributed by atoms with E-state index in [0.717, 1.165) is 18.4 Å². The maximum Gasteiger partial charge on any atom is 0.346 e. The van der Waals surface area contributed by atoms with Crippen LogP contribution in [0.2, 0.25) is 0 Å². The molecule has 10 heteroatoms. The van der Waals surface area contributed by atoms with Gasteiger partial charge in [-0.15, -0.1) is 5.10 Å². The van der Waals surface area contributed by atoms with E-state index in [9.17, 15) is 13.2 Å². The summed E-state index contributed by atoms with van der Waals surface area (Å²) in [6.45, 7) is 0.155. The fraction of sp³-hybridized carbons (Fsp3) is 0.316. The van der Waals surface area contributed by atoms with Crippen LogP contribution in [0.1, 0.15) is 18.9 Å². The third-order valence-electron chi connectivity index (χ3n) is 4.67. The Bertz CT molecular complexity index is 1170. The van der Waals surface area contributed by atoms with Crippen LogP contribution in [0.15, 0.2) is 58.5 Å². The minimum absolute atomic E-state index is 0.0353. The highest BCUT2D eigenvalue weighted by Gasteiger charge is 2.30. The number of rotatable bonds is 8. The van der Waals surface area contributed by atoms with Gasteiger partial charge in [0, 0.05) is 36.6 Å². The van der Waals surface area contributed by atoms with E-state index in [1.54, 1.807) is 35.2 Å². The summed E-state index contributed by atoms with van der Waals surface area (Å²) in [6.07, 6.45) is 5.19. The molecule has 1 N–H and O–H groups in total. The first-order valence-electron chi connectivity index (χ1n) is 9.23. The summed E-state index contributed by atoms with van der Waals surface area (Å²) in [7, 11) is -2.25. The minimum atomic E-state index is -3.73. The number of methoxy groups -OCH3 is 1. The normalized spacial score (nSPS) is 14.1. The molecule has 0 amide bonds. The van der Waals surface area contributed by atoms with Gasteiger partial charge in [-0.05, 0) is 37.1 Å². The lowest BCUT2D eigenvalue weighted by Crippen LogP contribution is -2.32. The van der Waals surface area contributed by atoms with Crippen LogP contribution in [0.25, 0.3) is 11.4 Å². The maximum absolute atomic E-state index is 12.8. The van der Waals surface area contributed by atoms with Crippen molar-refractivity contribution in [1.29, 1.82) is 0 Å². The van der Waals surface area contributed by atoms with Crippen LogP contribution in [0.3, 0.4) is 0 Å². The lowest BCUT2D eigenvalue weighted by Gasteiger charge is -2.07.